The number of hydrogen-bond donors (Lipinski definition) is 1. The average molecular weight is 210 g/mol. The molecule has 72 valence electrons. The molecule has 3 nitrogen and oxygen atoms in total. The van der Waals surface area contributed by atoms with Gasteiger partial charge >= 0.3 is 0 Å². The highest BCUT2D eigenvalue weighted by Gasteiger charge is 2.27. The van der Waals surface area contributed by atoms with Crippen LogP contribution in [0.3, 0.4) is 0 Å². The van der Waals surface area contributed by atoms with Gasteiger partial charge in [-0.2, -0.15) is 0 Å². The molecule has 1 aromatic rings. The van der Waals surface area contributed by atoms with Crippen molar-refractivity contribution in [2.45, 2.75) is 5.92 Å². The second kappa shape index (κ2) is 3.42. The maximum Gasteiger partial charge on any atom is 0.204 e. The Morgan fingerprint density at radius 3 is 3.07 bits per heavy atom. The van der Waals surface area contributed by atoms with E-state index < -0.39 is 5.78 Å². The molecule has 0 bridgehead atoms. The summed E-state index contributed by atoms with van der Waals surface area (Å²) in [5.41, 5.74) is 1.70. The Morgan fingerprint density at radius 2 is 2.36 bits per heavy atom. The summed E-state index contributed by atoms with van der Waals surface area (Å²) in [5.74, 6) is -0.738. The number of Topliss-reactive ketones (excluding diaryl/α,β-unsaturated/α-hetero) is 1. The maximum atomic E-state index is 11.2. The predicted octanol–water partition coefficient (Wildman–Crippen LogP) is 1.62. The number of fused-ring (bicyclic) bond motifs is 1. The number of rotatable bonds is 2. The quantitative estimate of drug-likeness (QED) is 0.595. The third-order valence-corrected chi connectivity index (χ3v) is 2.58. The molecule has 1 heterocycles. The highest BCUT2D eigenvalue weighted by Crippen LogP contribution is 2.33. The van der Waals surface area contributed by atoms with E-state index in [0.717, 1.165) is 11.3 Å². The van der Waals surface area contributed by atoms with Crippen molar-refractivity contribution in [1.29, 1.82) is 0 Å². The number of carbonyl (C=O) groups excluding carboxylic acids is 2. The molecule has 0 saturated heterocycles. The lowest BCUT2D eigenvalue weighted by molar-refractivity contribution is -0.130. The molecule has 14 heavy (non-hydrogen) atoms. The summed E-state index contributed by atoms with van der Waals surface area (Å²) in [4.78, 5) is 21.6. The Labute approximate surface area is 86.1 Å². The van der Waals surface area contributed by atoms with Gasteiger partial charge < -0.3 is 5.32 Å². The molecular weight excluding hydrogens is 202 g/mol. The molecule has 4 heteroatoms. The van der Waals surface area contributed by atoms with Gasteiger partial charge in [-0.3, -0.25) is 9.59 Å². The Balaban J connectivity index is 2.40. The number of ketones is 1. The van der Waals surface area contributed by atoms with E-state index >= 15 is 0 Å². The molecule has 1 N–H and O–H groups in total. The van der Waals surface area contributed by atoms with Crippen LogP contribution in [0.4, 0.5) is 5.69 Å². The van der Waals surface area contributed by atoms with Gasteiger partial charge in [0.15, 0.2) is 6.29 Å². The first-order valence-electron chi connectivity index (χ1n) is 4.24. The first-order chi connectivity index (χ1) is 6.72. The maximum absolute atomic E-state index is 11.2. The number of hydrogen-bond acceptors (Lipinski definition) is 3. The molecule has 1 aliphatic heterocycles. The summed E-state index contributed by atoms with van der Waals surface area (Å²) >= 11 is 5.79. The average Bonchev–Trinajstić information content (AvgIpc) is 2.59. The van der Waals surface area contributed by atoms with Crippen molar-refractivity contribution in [2.24, 2.45) is 0 Å². The second-order valence-electron chi connectivity index (χ2n) is 3.19. The summed E-state index contributed by atoms with van der Waals surface area (Å²) in [6, 6.07) is 5.26. The molecule has 1 aromatic carbocycles. The van der Waals surface area contributed by atoms with Crippen LogP contribution in [0.2, 0.25) is 5.02 Å². The van der Waals surface area contributed by atoms with Crippen LogP contribution in [-0.4, -0.2) is 18.6 Å². The van der Waals surface area contributed by atoms with Gasteiger partial charge in [0.05, 0.1) is 5.92 Å². The highest BCUT2D eigenvalue weighted by atomic mass is 35.5. The molecular formula is C10H8ClNO2. The zero-order chi connectivity index (χ0) is 10.1. The summed E-state index contributed by atoms with van der Waals surface area (Å²) in [6.45, 7) is 0.479. The normalized spacial score (nSPS) is 18.5. The number of halogens is 1. The highest BCUT2D eigenvalue weighted by molar-refractivity contribution is 6.31. The van der Waals surface area contributed by atoms with Crippen LogP contribution in [0.25, 0.3) is 0 Å². The Hall–Kier alpha value is -1.35. The fourth-order valence-electron chi connectivity index (χ4n) is 1.64. The molecule has 0 saturated carbocycles. The molecule has 0 aromatic heterocycles. The second-order valence-corrected chi connectivity index (χ2v) is 3.62. The van der Waals surface area contributed by atoms with Gasteiger partial charge in [-0.1, -0.05) is 17.7 Å². The lowest BCUT2D eigenvalue weighted by Crippen LogP contribution is -2.15. The Morgan fingerprint density at radius 1 is 1.57 bits per heavy atom. The number of carbonyl (C=O) groups is 2. The monoisotopic (exact) mass is 209 g/mol. The Kier molecular flexibility index (Phi) is 2.25. The third kappa shape index (κ3) is 1.40. The summed E-state index contributed by atoms with van der Waals surface area (Å²) in [7, 11) is 0. The molecule has 1 unspecified atom stereocenters. The lowest BCUT2D eigenvalue weighted by Gasteiger charge is -2.03. The van der Waals surface area contributed by atoms with Gasteiger partial charge in [0, 0.05) is 17.3 Å². The van der Waals surface area contributed by atoms with Crippen molar-refractivity contribution < 1.29 is 9.59 Å². The van der Waals surface area contributed by atoms with Crippen molar-refractivity contribution in [3.63, 3.8) is 0 Å². The number of anilines is 1. The topological polar surface area (TPSA) is 46.2 Å². The predicted molar refractivity (Wildman–Crippen MR) is 53.8 cm³/mol. The summed E-state index contributed by atoms with van der Waals surface area (Å²) in [5, 5.41) is 3.66. The van der Waals surface area contributed by atoms with Gasteiger partial charge in [-0.05, 0) is 17.7 Å². The minimum Gasteiger partial charge on any atom is -0.384 e. The fourth-order valence-corrected chi connectivity index (χ4v) is 1.82. The van der Waals surface area contributed by atoms with Crippen molar-refractivity contribution in [2.75, 3.05) is 11.9 Å². The standard InChI is InChI=1S/C10H8ClNO2/c11-6-1-2-7-8(10(14)5-13)4-12-9(7)3-6/h1-3,5,8,12H,4H2. The molecule has 0 aliphatic carbocycles. The largest absolute Gasteiger partial charge is 0.384 e. The van der Waals surface area contributed by atoms with E-state index in [-0.39, 0.29) is 5.92 Å². The van der Waals surface area contributed by atoms with Crippen molar-refractivity contribution in [1.82, 2.24) is 0 Å². The van der Waals surface area contributed by atoms with Gasteiger partial charge in [-0.15, -0.1) is 0 Å². The lowest BCUT2D eigenvalue weighted by atomic mass is 9.98. The van der Waals surface area contributed by atoms with E-state index in [1.165, 1.54) is 0 Å². The summed E-state index contributed by atoms with van der Waals surface area (Å²) in [6.07, 6.45) is 0.371. The van der Waals surface area contributed by atoms with Crippen LogP contribution < -0.4 is 5.32 Å². The van der Waals surface area contributed by atoms with Crippen LogP contribution in [0.1, 0.15) is 11.5 Å². The number of aldehydes is 1. The van der Waals surface area contributed by atoms with Crippen molar-refractivity contribution in [3.05, 3.63) is 28.8 Å². The third-order valence-electron chi connectivity index (χ3n) is 2.35. The molecule has 2 rings (SSSR count). The fraction of sp³-hybridized carbons (Fsp3) is 0.200. The van der Waals surface area contributed by atoms with Crippen LogP contribution in [0.15, 0.2) is 18.2 Å². The zero-order valence-electron chi connectivity index (χ0n) is 7.29. The van der Waals surface area contributed by atoms with Crippen LogP contribution >= 0.6 is 11.6 Å². The first kappa shape index (κ1) is 9.21. The van der Waals surface area contributed by atoms with Crippen LogP contribution in [0.5, 0.6) is 0 Å². The van der Waals surface area contributed by atoms with Crippen LogP contribution in [0, 0.1) is 0 Å². The molecule has 0 radical (unpaired) electrons. The van der Waals surface area contributed by atoms with E-state index in [2.05, 4.69) is 5.32 Å². The minimum atomic E-state index is -0.390. The van der Waals surface area contributed by atoms with E-state index in [0.29, 0.717) is 17.9 Å². The summed E-state index contributed by atoms with van der Waals surface area (Å²) < 4.78 is 0. The molecule has 0 spiro atoms. The SMILES string of the molecule is O=CC(=O)C1CNc2cc(Cl)ccc21. The zero-order valence-corrected chi connectivity index (χ0v) is 8.04. The van der Waals surface area contributed by atoms with Gasteiger partial charge in [-0.25, -0.2) is 0 Å². The smallest absolute Gasteiger partial charge is 0.204 e. The van der Waals surface area contributed by atoms with Gasteiger partial charge in [0.1, 0.15) is 0 Å². The van der Waals surface area contributed by atoms with Gasteiger partial charge in [0.25, 0.3) is 0 Å². The molecule has 1 atom stereocenters. The van der Waals surface area contributed by atoms with Crippen molar-refractivity contribution in [3.8, 4) is 0 Å². The van der Waals surface area contributed by atoms with Gasteiger partial charge in [0.2, 0.25) is 5.78 Å². The minimum absolute atomic E-state index is 0.347. The van der Waals surface area contributed by atoms with Crippen LogP contribution in [-0.2, 0) is 9.59 Å². The molecule has 0 amide bonds. The van der Waals surface area contributed by atoms with Crippen molar-refractivity contribution >= 4 is 29.4 Å². The van der Waals surface area contributed by atoms with E-state index in [1.54, 1.807) is 18.2 Å². The molecule has 1 aliphatic rings. The van der Waals surface area contributed by atoms with E-state index in [1.807, 2.05) is 0 Å². The Bertz CT molecular complexity index is 403. The number of nitrogens with one attached hydrogen (secondary N) is 1. The first-order valence-corrected chi connectivity index (χ1v) is 4.62. The van der Waals surface area contributed by atoms with E-state index in [9.17, 15) is 9.59 Å². The molecule has 0 fully saturated rings. The van der Waals surface area contributed by atoms with E-state index in [4.69, 9.17) is 11.6 Å². The number of benzene rings is 1.